The van der Waals surface area contributed by atoms with Gasteiger partial charge in [-0.15, -0.1) is 0 Å². The lowest BCUT2D eigenvalue weighted by atomic mass is 10.0. The fourth-order valence-electron chi connectivity index (χ4n) is 5.17. The summed E-state index contributed by atoms with van der Waals surface area (Å²) in [6.45, 7) is 4.70. The summed E-state index contributed by atoms with van der Waals surface area (Å²) in [6.07, 6.45) is -0.320. The number of nitrogens with zero attached hydrogens (tertiary/aromatic N) is 2. The molecule has 11 heteroatoms. The zero-order chi connectivity index (χ0) is 33.3. The fourth-order valence-corrected chi connectivity index (χ4v) is 5.73. The quantitative estimate of drug-likeness (QED) is 0.149. The number of hydrogen-bond donors (Lipinski definition) is 2. The van der Waals surface area contributed by atoms with Gasteiger partial charge in [0.25, 0.3) is 6.01 Å². The van der Waals surface area contributed by atoms with Gasteiger partial charge in [-0.3, -0.25) is 4.79 Å². The van der Waals surface area contributed by atoms with Crippen LogP contribution >= 0.6 is 15.9 Å². The number of carbonyl (C=O) groups excluding carboxylic acids is 2. The van der Waals surface area contributed by atoms with E-state index in [1.54, 1.807) is 49.3 Å². The number of para-hydroxylation sites is 1. The average Bonchev–Trinajstić information content (AvgIpc) is 3.08. The minimum atomic E-state index is -0.792. The Morgan fingerprint density at radius 3 is 2.30 bits per heavy atom. The van der Waals surface area contributed by atoms with E-state index in [2.05, 4.69) is 31.5 Å². The third-order valence-corrected chi connectivity index (χ3v) is 8.31. The van der Waals surface area contributed by atoms with Gasteiger partial charge in [-0.1, -0.05) is 60.7 Å². The Hall–Kier alpha value is -5.16. The third-order valence-electron chi connectivity index (χ3n) is 7.71. The molecule has 2 amide bonds. The molecule has 47 heavy (non-hydrogen) atoms. The molecule has 0 fully saturated rings. The Labute approximate surface area is 280 Å². The van der Waals surface area contributed by atoms with Crippen molar-refractivity contribution in [3.05, 3.63) is 128 Å². The number of halogens is 1. The minimum absolute atomic E-state index is 0.0810. The van der Waals surface area contributed by atoms with E-state index >= 15 is 0 Å². The summed E-state index contributed by atoms with van der Waals surface area (Å²) in [4.78, 5) is 46.2. The molecule has 0 radical (unpaired) electrons. The summed E-state index contributed by atoms with van der Waals surface area (Å²) in [5.74, 6) is 0.946. The van der Waals surface area contributed by atoms with Crippen LogP contribution in [0.2, 0.25) is 0 Å². The van der Waals surface area contributed by atoms with Gasteiger partial charge in [0, 0.05) is 30.5 Å². The molecule has 2 N–H and O–H groups in total. The third kappa shape index (κ3) is 8.36. The van der Waals surface area contributed by atoms with Gasteiger partial charge in [-0.25, -0.2) is 9.59 Å². The second kappa shape index (κ2) is 15.4. The van der Waals surface area contributed by atoms with Crippen molar-refractivity contribution < 1.29 is 23.5 Å². The molecule has 0 bridgehead atoms. The number of carbonyl (C=O) groups is 2. The van der Waals surface area contributed by atoms with Crippen molar-refractivity contribution in [3.8, 4) is 11.5 Å². The van der Waals surface area contributed by atoms with Crippen molar-refractivity contribution in [2.24, 2.45) is 0 Å². The fraction of sp³-hybridized carbons (Fsp3) is 0.222. The van der Waals surface area contributed by atoms with Crippen LogP contribution in [0.4, 0.5) is 10.8 Å². The monoisotopic (exact) mass is 698 g/mol. The first-order valence-electron chi connectivity index (χ1n) is 15.1. The second-order valence-electron chi connectivity index (χ2n) is 10.8. The summed E-state index contributed by atoms with van der Waals surface area (Å²) in [7, 11) is 1.60. The van der Waals surface area contributed by atoms with Crippen LogP contribution in [0, 0.1) is 6.92 Å². The molecule has 0 aliphatic carbocycles. The lowest BCUT2D eigenvalue weighted by Crippen LogP contribution is -2.44. The molecule has 1 aromatic heterocycles. The molecule has 242 valence electrons. The predicted molar refractivity (Wildman–Crippen MR) is 184 cm³/mol. The first kappa shape index (κ1) is 33.2. The summed E-state index contributed by atoms with van der Waals surface area (Å²) >= 11 is 3.54. The standard InChI is InChI=1S/C36H35BrN4O6/c1-4-41(22-25-11-7-5-8-12-25)33(42)30(19-24-15-17-27(45-3)18-16-24)39-35-40-32-29(37)20-26(23(2)31(32)34(43)47-35)21-38-36(44)46-28-13-9-6-10-14-28/h5-18,20,30H,4,19,21-22H2,1-3H3,(H,38,44)(H,39,40). The second-order valence-corrected chi connectivity index (χ2v) is 11.7. The van der Waals surface area contributed by atoms with Crippen molar-refractivity contribution in [1.82, 2.24) is 15.2 Å². The van der Waals surface area contributed by atoms with Crippen molar-refractivity contribution >= 4 is 44.8 Å². The molecule has 5 rings (SSSR count). The van der Waals surface area contributed by atoms with E-state index in [9.17, 15) is 14.4 Å². The van der Waals surface area contributed by atoms with E-state index in [1.165, 1.54) is 0 Å². The highest BCUT2D eigenvalue weighted by Gasteiger charge is 2.26. The average molecular weight is 700 g/mol. The lowest BCUT2D eigenvalue weighted by molar-refractivity contribution is -0.132. The number of rotatable bonds is 12. The molecular formula is C36H35BrN4O6. The smallest absolute Gasteiger partial charge is 0.412 e. The van der Waals surface area contributed by atoms with Gasteiger partial charge in [-0.05, 0) is 82.4 Å². The predicted octanol–water partition coefficient (Wildman–Crippen LogP) is 6.63. The number of nitrogens with one attached hydrogen (secondary N) is 2. The highest BCUT2D eigenvalue weighted by atomic mass is 79.9. The maximum atomic E-state index is 14.0. The first-order valence-corrected chi connectivity index (χ1v) is 15.9. The lowest BCUT2D eigenvalue weighted by Gasteiger charge is -2.27. The van der Waals surface area contributed by atoms with E-state index in [0.29, 0.717) is 52.1 Å². The number of methoxy groups -OCH3 is 1. The van der Waals surface area contributed by atoms with E-state index in [1.807, 2.05) is 67.6 Å². The molecule has 4 aromatic carbocycles. The summed E-state index contributed by atoms with van der Waals surface area (Å²) < 4.78 is 16.8. The number of benzene rings is 4. The number of aryl methyl sites for hydroxylation is 1. The Bertz CT molecular complexity index is 1900. The number of aromatic nitrogens is 1. The van der Waals surface area contributed by atoms with E-state index in [0.717, 1.165) is 11.1 Å². The molecule has 0 saturated heterocycles. The van der Waals surface area contributed by atoms with Crippen molar-refractivity contribution in [2.75, 3.05) is 19.0 Å². The SMILES string of the molecule is CCN(Cc1ccccc1)C(=O)C(Cc1ccc(OC)cc1)Nc1nc2c(Br)cc(CNC(=O)Oc3ccccc3)c(C)c2c(=O)o1. The van der Waals surface area contributed by atoms with E-state index in [-0.39, 0.29) is 23.9 Å². The first-order chi connectivity index (χ1) is 22.7. The number of fused-ring (bicyclic) bond motifs is 1. The van der Waals surface area contributed by atoms with Gasteiger partial charge in [0.2, 0.25) is 5.91 Å². The molecule has 10 nitrogen and oxygen atoms in total. The zero-order valence-electron chi connectivity index (χ0n) is 26.3. The molecular weight excluding hydrogens is 664 g/mol. The molecule has 5 aromatic rings. The van der Waals surface area contributed by atoms with Gasteiger partial charge in [0.1, 0.15) is 17.5 Å². The van der Waals surface area contributed by atoms with Gasteiger partial charge in [-0.2, -0.15) is 4.98 Å². The molecule has 0 aliphatic heterocycles. The van der Waals surface area contributed by atoms with Gasteiger partial charge < -0.3 is 29.4 Å². The maximum Gasteiger partial charge on any atom is 0.412 e. The molecule has 1 unspecified atom stereocenters. The van der Waals surface area contributed by atoms with Crippen LogP contribution in [-0.4, -0.2) is 41.6 Å². The molecule has 1 heterocycles. The summed E-state index contributed by atoms with van der Waals surface area (Å²) in [6, 6.07) is 26.8. The Kier molecular flexibility index (Phi) is 10.9. The van der Waals surface area contributed by atoms with Crippen LogP contribution in [0.25, 0.3) is 10.9 Å². The minimum Gasteiger partial charge on any atom is -0.497 e. The van der Waals surface area contributed by atoms with Crippen LogP contribution in [0.3, 0.4) is 0 Å². The van der Waals surface area contributed by atoms with Gasteiger partial charge in [0.15, 0.2) is 0 Å². The molecule has 1 atom stereocenters. The van der Waals surface area contributed by atoms with E-state index < -0.39 is 17.8 Å². The highest BCUT2D eigenvalue weighted by Crippen LogP contribution is 2.28. The molecule has 0 saturated carbocycles. The Balaban J connectivity index is 1.41. The Morgan fingerprint density at radius 2 is 1.64 bits per heavy atom. The number of likely N-dealkylation sites (N-methyl/N-ethyl adjacent to an activating group) is 1. The van der Waals surface area contributed by atoms with E-state index in [4.69, 9.17) is 13.9 Å². The van der Waals surface area contributed by atoms with Crippen LogP contribution in [0.5, 0.6) is 11.5 Å². The number of anilines is 1. The normalized spacial score (nSPS) is 11.5. The van der Waals surface area contributed by atoms with Crippen molar-refractivity contribution in [1.29, 1.82) is 0 Å². The molecule has 0 spiro atoms. The number of ether oxygens (including phenoxy) is 2. The van der Waals surface area contributed by atoms with Crippen LogP contribution in [-0.2, 0) is 24.3 Å². The summed E-state index contributed by atoms with van der Waals surface area (Å²) in [5.41, 5.74) is 2.90. The van der Waals surface area contributed by atoms with Crippen LogP contribution in [0.1, 0.15) is 29.2 Å². The topological polar surface area (TPSA) is 123 Å². The Morgan fingerprint density at radius 1 is 0.957 bits per heavy atom. The number of amides is 2. The van der Waals surface area contributed by atoms with Crippen molar-refractivity contribution in [3.63, 3.8) is 0 Å². The maximum absolute atomic E-state index is 14.0. The molecule has 0 aliphatic rings. The van der Waals surface area contributed by atoms with Gasteiger partial charge >= 0.3 is 11.7 Å². The largest absolute Gasteiger partial charge is 0.497 e. The van der Waals surface area contributed by atoms with Gasteiger partial charge in [0.05, 0.1) is 18.0 Å². The number of hydrogen-bond acceptors (Lipinski definition) is 8. The van der Waals surface area contributed by atoms with Crippen LogP contribution < -0.4 is 25.7 Å². The zero-order valence-corrected chi connectivity index (χ0v) is 27.9. The van der Waals surface area contributed by atoms with Crippen LogP contribution in [0.15, 0.2) is 105 Å². The van der Waals surface area contributed by atoms with Crippen molar-refractivity contribution in [2.45, 2.75) is 39.4 Å². The highest BCUT2D eigenvalue weighted by molar-refractivity contribution is 9.10. The summed E-state index contributed by atoms with van der Waals surface area (Å²) in [5, 5.41) is 6.09.